The number of hydrogen-bond acceptors (Lipinski definition) is 3. The van der Waals surface area contributed by atoms with Crippen LogP contribution in [0.4, 0.5) is 5.82 Å². The summed E-state index contributed by atoms with van der Waals surface area (Å²) in [5.41, 5.74) is 3.06. The van der Waals surface area contributed by atoms with Crippen molar-refractivity contribution in [2.24, 2.45) is 5.92 Å². The third kappa shape index (κ3) is 2.50. The number of nitrogens with one attached hydrogen (secondary N) is 1. The maximum absolute atomic E-state index is 4.21. The van der Waals surface area contributed by atoms with E-state index in [4.69, 9.17) is 0 Å². The third-order valence-electron chi connectivity index (χ3n) is 3.56. The third-order valence-corrected chi connectivity index (χ3v) is 3.56. The van der Waals surface area contributed by atoms with Crippen LogP contribution in [0.25, 0.3) is 0 Å². The Balaban J connectivity index is 1.49. The molecule has 0 amide bonds. The quantitative estimate of drug-likeness (QED) is 0.891. The molecule has 92 valence electrons. The van der Waals surface area contributed by atoms with Gasteiger partial charge in [-0.15, -0.1) is 0 Å². The summed E-state index contributed by atoms with van der Waals surface area (Å²) < 4.78 is 0. The summed E-state index contributed by atoms with van der Waals surface area (Å²) in [5, 5.41) is 3.32. The van der Waals surface area contributed by atoms with Crippen molar-refractivity contribution >= 4 is 5.82 Å². The molecule has 0 unspecified atom stereocenters. The number of anilines is 1. The normalized spacial score (nSPS) is 14.4. The highest BCUT2D eigenvalue weighted by Gasteiger charge is 2.20. The van der Waals surface area contributed by atoms with Crippen molar-refractivity contribution in [1.82, 2.24) is 9.97 Å². The second-order valence-electron chi connectivity index (χ2n) is 4.85. The summed E-state index contributed by atoms with van der Waals surface area (Å²) >= 11 is 0. The van der Waals surface area contributed by atoms with Crippen LogP contribution < -0.4 is 5.32 Å². The monoisotopic (exact) mass is 239 g/mol. The topological polar surface area (TPSA) is 37.8 Å². The lowest BCUT2D eigenvalue weighted by atomic mass is 10.0. The Morgan fingerprint density at radius 3 is 2.56 bits per heavy atom. The Hall–Kier alpha value is -1.90. The zero-order chi connectivity index (χ0) is 12.2. The van der Waals surface area contributed by atoms with Crippen molar-refractivity contribution in [2.75, 3.05) is 11.9 Å². The van der Waals surface area contributed by atoms with E-state index in [1.54, 1.807) is 18.6 Å². The first-order chi connectivity index (χ1) is 8.92. The van der Waals surface area contributed by atoms with Crippen LogP contribution in [0.3, 0.4) is 0 Å². The van der Waals surface area contributed by atoms with Gasteiger partial charge in [0.25, 0.3) is 0 Å². The van der Waals surface area contributed by atoms with Gasteiger partial charge in [0.05, 0.1) is 6.20 Å². The van der Waals surface area contributed by atoms with E-state index in [2.05, 4.69) is 39.6 Å². The van der Waals surface area contributed by atoms with E-state index in [1.165, 1.54) is 30.4 Å². The van der Waals surface area contributed by atoms with Crippen LogP contribution in [0.2, 0.25) is 0 Å². The van der Waals surface area contributed by atoms with E-state index in [9.17, 15) is 0 Å². The minimum atomic E-state index is 0.770. The number of aromatic nitrogens is 2. The largest absolute Gasteiger partial charge is 0.369 e. The molecule has 0 spiro atoms. The molecule has 1 N–H and O–H groups in total. The first kappa shape index (κ1) is 11.2. The summed E-state index contributed by atoms with van der Waals surface area (Å²) in [7, 11) is 0. The van der Waals surface area contributed by atoms with E-state index < -0.39 is 0 Å². The summed E-state index contributed by atoms with van der Waals surface area (Å²) in [4.78, 5) is 8.25. The average Bonchev–Trinajstić information content (AvgIpc) is 2.82. The van der Waals surface area contributed by atoms with Crippen molar-refractivity contribution in [3.63, 3.8) is 0 Å². The van der Waals surface area contributed by atoms with E-state index in [0.29, 0.717) is 0 Å². The molecule has 0 saturated heterocycles. The molecule has 1 aliphatic carbocycles. The van der Waals surface area contributed by atoms with E-state index in [0.717, 1.165) is 18.3 Å². The fraction of sp³-hybridized carbons (Fsp3) is 0.333. The Labute approximate surface area is 107 Å². The molecule has 1 aromatic heterocycles. The number of benzene rings is 1. The van der Waals surface area contributed by atoms with Gasteiger partial charge in [0, 0.05) is 18.9 Å². The van der Waals surface area contributed by atoms with Gasteiger partial charge in [-0.05, 0) is 36.3 Å². The molecule has 2 aromatic rings. The van der Waals surface area contributed by atoms with Gasteiger partial charge in [-0.3, -0.25) is 4.98 Å². The summed E-state index contributed by atoms with van der Waals surface area (Å²) in [6.45, 7) is 0.970. The SMILES string of the molecule is c1ccc2c(c1)CC(CCNc1cnccn1)C2. The predicted octanol–water partition coefficient (Wildman–Crippen LogP) is 2.69. The second-order valence-corrected chi connectivity index (χ2v) is 4.85. The molecule has 0 bridgehead atoms. The van der Waals surface area contributed by atoms with Gasteiger partial charge in [-0.25, -0.2) is 4.98 Å². The van der Waals surface area contributed by atoms with Crippen molar-refractivity contribution in [2.45, 2.75) is 19.3 Å². The van der Waals surface area contributed by atoms with Crippen LogP contribution in [0, 0.1) is 5.92 Å². The fourth-order valence-corrected chi connectivity index (χ4v) is 2.65. The second kappa shape index (κ2) is 5.17. The van der Waals surface area contributed by atoms with Crippen LogP contribution >= 0.6 is 0 Å². The van der Waals surface area contributed by atoms with Gasteiger partial charge < -0.3 is 5.32 Å². The highest BCUT2D eigenvalue weighted by atomic mass is 15.0. The van der Waals surface area contributed by atoms with Crippen molar-refractivity contribution in [3.05, 3.63) is 54.0 Å². The highest BCUT2D eigenvalue weighted by molar-refractivity contribution is 5.33. The zero-order valence-electron chi connectivity index (χ0n) is 10.3. The van der Waals surface area contributed by atoms with Gasteiger partial charge in [0.2, 0.25) is 0 Å². The molecule has 3 heteroatoms. The van der Waals surface area contributed by atoms with Crippen LogP contribution in [-0.2, 0) is 12.8 Å². The molecule has 3 nitrogen and oxygen atoms in total. The van der Waals surface area contributed by atoms with Crippen molar-refractivity contribution in [3.8, 4) is 0 Å². The molecule has 0 radical (unpaired) electrons. The lowest BCUT2D eigenvalue weighted by molar-refractivity contribution is 0.529. The predicted molar refractivity (Wildman–Crippen MR) is 72.5 cm³/mol. The number of nitrogens with zero attached hydrogens (tertiary/aromatic N) is 2. The summed E-state index contributed by atoms with van der Waals surface area (Å²) in [5.74, 6) is 1.64. The van der Waals surface area contributed by atoms with Crippen LogP contribution in [0.5, 0.6) is 0 Å². The first-order valence-corrected chi connectivity index (χ1v) is 6.48. The van der Waals surface area contributed by atoms with Gasteiger partial charge in [-0.2, -0.15) is 0 Å². The number of hydrogen-bond donors (Lipinski definition) is 1. The minimum Gasteiger partial charge on any atom is -0.369 e. The fourth-order valence-electron chi connectivity index (χ4n) is 2.65. The molecule has 1 heterocycles. The maximum Gasteiger partial charge on any atom is 0.144 e. The molecular formula is C15H17N3. The molecule has 0 saturated carbocycles. The van der Waals surface area contributed by atoms with Gasteiger partial charge in [-0.1, -0.05) is 24.3 Å². The number of fused-ring (bicyclic) bond motifs is 1. The van der Waals surface area contributed by atoms with Gasteiger partial charge in [0.1, 0.15) is 5.82 Å². The van der Waals surface area contributed by atoms with Crippen molar-refractivity contribution in [1.29, 1.82) is 0 Å². The standard InChI is InChI=1S/C15H17N3/c1-2-4-14-10-12(9-13(14)3-1)5-6-17-15-11-16-7-8-18-15/h1-4,7-8,11-12H,5-6,9-10H2,(H,17,18). The Morgan fingerprint density at radius 2 is 1.89 bits per heavy atom. The van der Waals surface area contributed by atoms with E-state index >= 15 is 0 Å². The maximum atomic E-state index is 4.21. The van der Waals surface area contributed by atoms with Crippen LogP contribution in [0.15, 0.2) is 42.9 Å². The first-order valence-electron chi connectivity index (χ1n) is 6.48. The molecule has 18 heavy (non-hydrogen) atoms. The van der Waals surface area contributed by atoms with Crippen molar-refractivity contribution < 1.29 is 0 Å². The van der Waals surface area contributed by atoms with Gasteiger partial charge in [0.15, 0.2) is 0 Å². The summed E-state index contributed by atoms with van der Waals surface area (Å²) in [6, 6.07) is 8.79. The molecule has 1 aromatic carbocycles. The number of rotatable bonds is 4. The summed E-state index contributed by atoms with van der Waals surface area (Å²) in [6.07, 6.45) is 8.80. The Kier molecular flexibility index (Phi) is 3.22. The molecular weight excluding hydrogens is 222 g/mol. The lowest BCUT2D eigenvalue weighted by Gasteiger charge is -2.09. The van der Waals surface area contributed by atoms with E-state index in [-0.39, 0.29) is 0 Å². The van der Waals surface area contributed by atoms with Gasteiger partial charge >= 0.3 is 0 Å². The average molecular weight is 239 g/mol. The molecule has 0 atom stereocenters. The smallest absolute Gasteiger partial charge is 0.144 e. The Morgan fingerprint density at radius 1 is 1.11 bits per heavy atom. The molecule has 0 fully saturated rings. The molecule has 3 rings (SSSR count). The lowest BCUT2D eigenvalue weighted by Crippen LogP contribution is -2.10. The van der Waals surface area contributed by atoms with Crippen LogP contribution in [0.1, 0.15) is 17.5 Å². The molecule has 1 aliphatic rings. The van der Waals surface area contributed by atoms with E-state index in [1.807, 2.05) is 0 Å². The minimum absolute atomic E-state index is 0.770. The van der Waals surface area contributed by atoms with Crippen LogP contribution in [-0.4, -0.2) is 16.5 Å². The zero-order valence-corrected chi connectivity index (χ0v) is 10.3. The highest BCUT2D eigenvalue weighted by Crippen LogP contribution is 2.28. The Bertz CT molecular complexity index is 485. The molecule has 0 aliphatic heterocycles.